The minimum Gasteiger partial charge on any atom is -0.469 e. The molecule has 0 aliphatic heterocycles. The summed E-state index contributed by atoms with van der Waals surface area (Å²) in [5.41, 5.74) is 1.20. The van der Waals surface area contributed by atoms with Crippen LogP contribution in [-0.2, 0) is 19.1 Å². The summed E-state index contributed by atoms with van der Waals surface area (Å²) in [6.07, 6.45) is 4.11. The smallest absolute Gasteiger partial charge is 0.309 e. The van der Waals surface area contributed by atoms with Crippen molar-refractivity contribution in [1.29, 1.82) is 0 Å². The van der Waals surface area contributed by atoms with E-state index >= 15 is 0 Å². The van der Waals surface area contributed by atoms with Crippen LogP contribution in [0.4, 0.5) is 0 Å². The van der Waals surface area contributed by atoms with E-state index in [1.165, 1.54) is 19.8 Å². The number of rotatable bonds is 2. The van der Waals surface area contributed by atoms with Crippen molar-refractivity contribution in [2.24, 2.45) is 11.8 Å². The molecular formula is C12H18O4. The molecule has 0 bridgehead atoms. The van der Waals surface area contributed by atoms with Crippen molar-refractivity contribution in [2.75, 3.05) is 14.2 Å². The van der Waals surface area contributed by atoms with Gasteiger partial charge in [-0.15, -0.1) is 0 Å². The molecule has 0 N–H and O–H groups in total. The molecule has 1 aliphatic rings. The molecule has 0 spiro atoms. The molecule has 0 amide bonds. The molecule has 0 aromatic heterocycles. The third-order valence-corrected chi connectivity index (χ3v) is 3.16. The fourth-order valence-electron chi connectivity index (χ4n) is 2.16. The van der Waals surface area contributed by atoms with Crippen LogP contribution in [0.5, 0.6) is 0 Å². The second-order valence-electron chi connectivity index (χ2n) is 3.95. The summed E-state index contributed by atoms with van der Waals surface area (Å²) >= 11 is 0. The van der Waals surface area contributed by atoms with Crippen LogP contribution in [0.1, 0.15) is 26.2 Å². The summed E-state index contributed by atoms with van der Waals surface area (Å²) in [6.45, 7) is 1.95. The van der Waals surface area contributed by atoms with E-state index in [1.807, 2.05) is 13.0 Å². The minimum atomic E-state index is -0.391. The summed E-state index contributed by atoms with van der Waals surface area (Å²) in [5.74, 6) is -1.39. The Bertz CT molecular complexity index is 306. The van der Waals surface area contributed by atoms with Gasteiger partial charge in [0.05, 0.1) is 26.1 Å². The topological polar surface area (TPSA) is 52.6 Å². The maximum atomic E-state index is 11.6. The van der Waals surface area contributed by atoms with Crippen molar-refractivity contribution in [3.63, 3.8) is 0 Å². The molecule has 1 rings (SSSR count). The largest absolute Gasteiger partial charge is 0.469 e. The maximum absolute atomic E-state index is 11.6. The lowest BCUT2D eigenvalue weighted by Gasteiger charge is -2.29. The van der Waals surface area contributed by atoms with Crippen molar-refractivity contribution < 1.29 is 19.1 Å². The highest BCUT2D eigenvalue weighted by Crippen LogP contribution is 2.34. The SMILES string of the molecule is CC=C1CCC(C(=O)OC)C(C(=O)OC)C1. The summed E-state index contributed by atoms with van der Waals surface area (Å²) < 4.78 is 9.45. The molecule has 1 aliphatic carbocycles. The molecule has 0 saturated heterocycles. The van der Waals surface area contributed by atoms with E-state index in [-0.39, 0.29) is 17.9 Å². The number of carbonyl (C=O) groups excluding carboxylic acids is 2. The molecule has 0 aromatic carbocycles. The van der Waals surface area contributed by atoms with E-state index in [1.54, 1.807) is 0 Å². The molecule has 1 saturated carbocycles. The molecule has 1 fully saturated rings. The molecule has 2 unspecified atom stereocenters. The van der Waals surface area contributed by atoms with Crippen LogP contribution in [0.3, 0.4) is 0 Å². The molecule has 16 heavy (non-hydrogen) atoms. The first kappa shape index (κ1) is 12.7. The summed E-state index contributed by atoms with van der Waals surface area (Å²) in [7, 11) is 2.70. The van der Waals surface area contributed by atoms with Crippen molar-refractivity contribution >= 4 is 11.9 Å². The fraction of sp³-hybridized carbons (Fsp3) is 0.667. The molecule has 4 heteroatoms. The first-order chi connectivity index (χ1) is 7.63. The quantitative estimate of drug-likeness (QED) is 0.531. The van der Waals surface area contributed by atoms with Gasteiger partial charge in [-0.2, -0.15) is 0 Å². The van der Waals surface area contributed by atoms with Crippen molar-refractivity contribution in [3.8, 4) is 0 Å². The lowest BCUT2D eigenvalue weighted by atomic mass is 9.76. The lowest BCUT2D eigenvalue weighted by Crippen LogP contribution is -2.34. The highest BCUT2D eigenvalue weighted by molar-refractivity contribution is 5.82. The van der Waals surface area contributed by atoms with Gasteiger partial charge in [0.15, 0.2) is 0 Å². The van der Waals surface area contributed by atoms with Crippen LogP contribution in [0.2, 0.25) is 0 Å². The average Bonchev–Trinajstić information content (AvgIpc) is 2.36. The molecule has 4 nitrogen and oxygen atoms in total. The van der Waals surface area contributed by atoms with E-state index in [0.29, 0.717) is 12.8 Å². The van der Waals surface area contributed by atoms with Gasteiger partial charge in [-0.1, -0.05) is 11.6 Å². The van der Waals surface area contributed by atoms with Gasteiger partial charge < -0.3 is 9.47 Å². The van der Waals surface area contributed by atoms with Gasteiger partial charge in [0.2, 0.25) is 0 Å². The number of hydrogen-bond acceptors (Lipinski definition) is 4. The number of allylic oxidation sites excluding steroid dienone is 2. The van der Waals surface area contributed by atoms with Crippen LogP contribution < -0.4 is 0 Å². The molecular weight excluding hydrogens is 208 g/mol. The predicted octanol–water partition coefficient (Wildman–Crippen LogP) is 1.70. The average molecular weight is 226 g/mol. The van der Waals surface area contributed by atoms with E-state index in [0.717, 1.165) is 6.42 Å². The van der Waals surface area contributed by atoms with E-state index < -0.39 is 5.92 Å². The number of ether oxygens (including phenoxy) is 2. The second kappa shape index (κ2) is 5.68. The monoisotopic (exact) mass is 226 g/mol. The van der Waals surface area contributed by atoms with Gasteiger partial charge in [-0.25, -0.2) is 0 Å². The standard InChI is InChI=1S/C12H18O4/c1-4-8-5-6-9(11(13)15-2)10(7-8)12(14)16-3/h4,9-10H,5-7H2,1-3H3. The maximum Gasteiger partial charge on any atom is 0.309 e. The van der Waals surface area contributed by atoms with Gasteiger partial charge in [0, 0.05) is 0 Å². The van der Waals surface area contributed by atoms with Gasteiger partial charge in [0.25, 0.3) is 0 Å². The zero-order valence-electron chi connectivity index (χ0n) is 9.99. The van der Waals surface area contributed by atoms with E-state index in [4.69, 9.17) is 9.47 Å². The Morgan fingerprint density at radius 3 is 2.25 bits per heavy atom. The Hall–Kier alpha value is -1.32. The Morgan fingerprint density at radius 2 is 1.75 bits per heavy atom. The number of carbonyl (C=O) groups is 2. The normalized spacial score (nSPS) is 27.6. The summed E-state index contributed by atoms with van der Waals surface area (Å²) in [4.78, 5) is 23.1. The zero-order valence-corrected chi connectivity index (χ0v) is 9.99. The fourth-order valence-corrected chi connectivity index (χ4v) is 2.16. The highest BCUT2D eigenvalue weighted by Gasteiger charge is 2.38. The first-order valence-electron chi connectivity index (χ1n) is 5.43. The highest BCUT2D eigenvalue weighted by atomic mass is 16.5. The third kappa shape index (κ3) is 2.62. The summed E-state index contributed by atoms with van der Waals surface area (Å²) in [6, 6.07) is 0. The van der Waals surface area contributed by atoms with Crippen LogP contribution in [-0.4, -0.2) is 26.2 Å². The summed E-state index contributed by atoms with van der Waals surface area (Å²) in [5, 5.41) is 0. The van der Waals surface area contributed by atoms with Gasteiger partial charge in [-0.05, 0) is 26.2 Å². The Morgan fingerprint density at radius 1 is 1.19 bits per heavy atom. The van der Waals surface area contributed by atoms with Gasteiger partial charge in [-0.3, -0.25) is 9.59 Å². The molecule has 2 atom stereocenters. The van der Waals surface area contributed by atoms with Crippen LogP contribution in [0.15, 0.2) is 11.6 Å². The van der Waals surface area contributed by atoms with Crippen molar-refractivity contribution in [3.05, 3.63) is 11.6 Å². The zero-order chi connectivity index (χ0) is 12.1. The van der Waals surface area contributed by atoms with Crippen LogP contribution in [0, 0.1) is 11.8 Å². The van der Waals surface area contributed by atoms with Gasteiger partial charge in [0.1, 0.15) is 0 Å². The Kier molecular flexibility index (Phi) is 4.52. The Balaban J connectivity index is 2.83. The van der Waals surface area contributed by atoms with E-state index in [2.05, 4.69) is 0 Å². The van der Waals surface area contributed by atoms with Crippen LogP contribution >= 0.6 is 0 Å². The number of esters is 2. The van der Waals surface area contributed by atoms with Crippen molar-refractivity contribution in [2.45, 2.75) is 26.2 Å². The van der Waals surface area contributed by atoms with Crippen molar-refractivity contribution in [1.82, 2.24) is 0 Å². The predicted molar refractivity (Wildman–Crippen MR) is 58.6 cm³/mol. The molecule has 90 valence electrons. The third-order valence-electron chi connectivity index (χ3n) is 3.16. The second-order valence-corrected chi connectivity index (χ2v) is 3.95. The molecule has 0 heterocycles. The first-order valence-corrected chi connectivity index (χ1v) is 5.43. The van der Waals surface area contributed by atoms with E-state index in [9.17, 15) is 9.59 Å². The number of hydrogen-bond donors (Lipinski definition) is 0. The molecule has 0 aromatic rings. The lowest BCUT2D eigenvalue weighted by molar-refractivity contribution is -0.158. The molecule has 0 radical (unpaired) electrons. The van der Waals surface area contributed by atoms with Gasteiger partial charge >= 0.3 is 11.9 Å². The van der Waals surface area contributed by atoms with Crippen LogP contribution in [0.25, 0.3) is 0 Å². The number of methoxy groups -OCH3 is 2. The minimum absolute atomic E-state index is 0.314. The Labute approximate surface area is 95.6 Å².